The molecule has 2 aromatic carbocycles. The number of nitrogen functional groups attached to an aromatic ring is 1. The van der Waals surface area contributed by atoms with Crippen LogP contribution in [0.1, 0.15) is 46.6 Å². The number of hydrogen-bond acceptors (Lipinski definition) is 18. The highest BCUT2D eigenvalue weighted by Gasteiger charge is 2.34. The van der Waals surface area contributed by atoms with E-state index in [0.717, 1.165) is 34.7 Å². The Hall–Kier alpha value is -4.20. The summed E-state index contributed by atoms with van der Waals surface area (Å²) in [5.74, 6) is -1.44. The molecule has 0 radical (unpaired) electrons. The van der Waals surface area contributed by atoms with E-state index in [0.29, 0.717) is 18.7 Å². The standard InChI is InChI=1S/C39H60ClN9O12/c1-20-35(40)47-30(36(41)46-20)38(61)48-39(43)45-10-3-2-5-21-6-8-24-14-22(7-9-23(24)13-21)15-25(37(42)60)44-11-4-12-49(16-26(52)31(56)33(58)28(54)18-50)17-27(53)32(57)34(59)29(55)19-51/h6-9,13-14,25-29,31-34,44,50-59H,2-5,10-12,15-19H2,1H3,(H2,41,46)(H2,42,60)(H3,43,45,48,61)/t25-,26-,27-,28+,29+,31+,32+,33+,34+/m0/s1. The molecule has 340 valence electrons. The van der Waals surface area contributed by atoms with Crippen molar-refractivity contribution in [2.75, 3.05) is 51.7 Å². The first-order chi connectivity index (χ1) is 28.9. The Morgan fingerprint density at radius 3 is 1.89 bits per heavy atom. The third-order valence-electron chi connectivity index (χ3n) is 9.99. The Balaban J connectivity index is 1.54. The van der Waals surface area contributed by atoms with Crippen LogP contribution in [-0.2, 0) is 17.6 Å². The largest absolute Gasteiger partial charge is 0.394 e. The Kier molecular flexibility index (Phi) is 21.0. The quantitative estimate of drug-likeness (QED) is 0.0206. The molecule has 0 fully saturated rings. The van der Waals surface area contributed by atoms with Crippen molar-refractivity contribution in [3.63, 3.8) is 0 Å². The smallest absolute Gasteiger partial charge is 0.280 e. The van der Waals surface area contributed by atoms with Crippen molar-refractivity contribution < 1.29 is 60.7 Å². The number of fused-ring (bicyclic) bond motifs is 1. The Morgan fingerprint density at radius 1 is 0.787 bits per heavy atom. The van der Waals surface area contributed by atoms with Crippen LogP contribution in [0.2, 0.25) is 5.15 Å². The highest BCUT2D eigenvalue weighted by atomic mass is 35.5. The van der Waals surface area contributed by atoms with Crippen molar-refractivity contribution in [2.45, 2.75) is 93.9 Å². The predicted molar refractivity (Wildman–Crippen MR) is 225 cm³/mol. The van der Waals surface area contributed by atoms with E-state index >= 15 is 0 Å². The molecule has 9 atom stereocenters. The van der Waals surface area contributed by atoms with Crippen LogP contribution in [0.3, 0.4) is 0 Å². The van der Waals surface area contributed by atoms with E-state index in [-0.39, 0.29) is 48.6 Å². The fourth-order valence-corrected chi connectivity index (χ4v) is 6.51. The van der Waals surface area contributed by atoms with Crippen LogP contribution in [0.15, 0.2) is 41.4 Å². The van der Waals surface area contributed by atoms with Gasteiger partial charge < -0.3 is 73.6 Å². The number of nitrogens with one attached hydrogen (secondary N) is 2. The summed E-state index contributed by atoms with van der Waals surface area (Å²) in [6.45, 7) is -0.352. The van der Waals surface area contributed by atoms with Gasteiger partial charge in [0.2, 0.25) is 5.91 Å². The molecule has 21 nitrogen and oxygen atoms in total. The number of aromatic nitrogens is 2. The van der Waals surface area contributed by atoms with E-state index in [1.165, 1.54) is 4.90 Å². The molecule has 0 bridgehead atoms. The monoisotopic (exact) mass is 881 g/mol. The van der Waals surface area contributed by atoms with E-state index in [1.54, 1.807) is 6.92 Å². The van der Waals surface area contributed by atoms with Gasteiger partial charge in [0, 0.05) is 19.6 Å². The third kappa shape index (κ3) is 15.9. The SMILES string of the molecule is Cc1nc(N)c(C(=O)NC(N)=NCCCCc2ccc3cc(C[C@H](NCCCN(C[C@H](O)[C@@H](O)[C@H](O)[C@H](O)CO)C[C@H](O)[C@@H](O)[C@H](O)[C@H](O)CO)C(N)=O)ccc3c2)nc1Cl. The summed E-state index contributed by atoms with van der Waals surface area (Å²) in [6, 6.07) is 11.1. The highest BCUT2D eigenvalue weighted by Crippen LogP contribution is 2.21. The minimum absolute atomic E-state index is 0.0552. The van der Waals surface area contributed by atoms with Gasteiger partial charge in [-0.25, -0.2) is 9.97 Å². The van der Waals surface area contributed by atoms with E-state index in [1.807, 2.05) is 30.3 Å². The summed E-state index contributed by atoms with van der Waals surface area (Å²) in [7, 11) is 0. The topological polar surface area (TPSA) is 380 Å². The minimum atomic E-state index is -1.91. The number of nitrogens with zero attached hydrogens (tertiary/aromatic N) is 4. The van der Waals surface area contributed by atoms with Crippen molar-refractivity contribution in [3.05, 3.63) is 64.1 Å². The van der Waals surface area contributed by atoms with Crippen LogP contribution < -0.4 is 27.8 Å². The fraction of sp³-hybridized carbons (Fsp3) is 0.564. The third-order valence-corrected chi connectivity index (χ3v) is 10.3. The number of aliphatic hydroxyl groups is 10. The molecule has 61 heavy (non-hydrogen) atoms. The summed E-state index contributed by atoms with van der Waals surface area (Å²) in [5.41, 5.74) is 19.6. The fourth-order valence-electron chi connectivity index (χ4n) is 6.38. The zero-order chi connectivity index (χ0) is 45.4. The van der Waals surface area contributed by atoms with Crippen LogP contribution in [-0.4, -0.2) is 185 Å². The van der Waals surface area contributed by atoms with Crippen LogP contribution in [0, 0.1) is 6.92 Å². The summed E-state index contributed by atoms with van der Waals surface area (Å²) < 4.78 is 0. The number of benzene rings is 2. The predicted octanol–water partition coefficient (Wildman–Crippen LogP) is -4.21. The van der Waals surface area contributed by atoms with E-state index in [4.69, 9.17) is 39.0 Å². The van der Waals surface area contributed by atoms with Gasteiger partial charge in [0.15, 0.2) is 22.6 Å². The molecule has 0 spiro atoms. The molecular weight excluding hydrogens is 822 g/mol. The number of carbonyl (C=O) groups excluding carboxylic acids is 2. The number of amides is 2. The number of hydrogen-bond donors (Lipinski definition) is 15. The minimum Gasteiger partial charge on any atom is -0.394 e. The summed E-state index contributed by atoms with van der Waals surface area (Å²) in [6.07, 6.45) is -11.8. The number of carbonyl (C=O) groups is 2. The van der Waals surface area contributed by atoms with Gasteiger partial charge in [0.25, 0.3) is 5.91 Å². The molecule has 0 aliphatic carbocycles. The number of aliphatic imine (C=N–C) groups is 1. The van der Waals surface area contributed by atoms with Gasteiger partial charge in [-0.3, -0.25) is 24.8 Å². The van der Waals surface area contributed by atoms with Crippen LogP contribution in [0.4, 0.5) is 5.82 Å². The number of halogens is 1. The first-order valence-electron chi connectivity index (χ1n) is 19.7. The zero-order valence-electron chi connectivity index (χ0n) is 33.8. The van der Waals surface area contributed by atoms with E-state index in [9.17, 15) is 50.4 Å². The van der Waals surface area contributed by atoms with E-state index in [2.05, 4.69) is 31.7 Å². The van der Waals surface area contributed by atoms with E-state index < -0.39 is 93.0 Å². The lowest BCUT2D eigenvalue weighted by molar-refractivity contribution is -0.130. The normalized spacial score (nSPS) is 16.7. The Labute approximate surface area is 357 Å². The Bertz CT molecular complexity index is 1870. The lowest BCUT2D eigenvalue weighted by atomic mass is 9.98. The maximum absolute atomic E-state index is 12.5. The molecule has 0 saturated heterocycles. The number of anilines is 1. The lowest BCUT2D eigenvalue weighted by Crippen LogP contribution is -2.53. The number of guanidine groups is 1. The van der Waals surface area contributed by atoms with Crippen LogP contribution in [0.25, 0.3) is 10.8 Å². The van der Waals surface area contributed by atoms with Gasteiger partial charge in [-0.15, -0.1) is 0 Å². The van der Waals surface area contributed by atoms with Crippen molar-refractivity contribution in [1.29, 1.82) is 0 Å². The van der Waals surface area contributed by atoms with Crippen molar-refractivity contribution >= 4 is 46.0 Å². The second-order valence-corrected chi connectivity index (χ2v) is 15.2. The molecule has 2 amide bonds. The molecule has 22 heteroatoms. The molecule has 0 unspecified atom stereocenters. The van der Waals surface area contributed by atoms with Gasteiger partial charge in [0.1, 0.15) is 36.6 Å². The first kappa shape index (κ1) is 51.2. The van der Waals surface area contributed by atoms with Gasteiger partial charge >= 0.3 is 0 Å². The number of primary amides is 1. The average molecular weight is 882 g/mol. The molecular formula is C39H60ClN9O12. The Morgan fingerprint density at radius 2 is 1.33 bits per heavy atom. The second kappa shape index (κ2) is 25.0. The van der Waals surface area contributed by atoms with Gasteiger partial charge in [-0.05, 0) is 74.0 Å². The van der Waals surface area contributed by atoms with Crippen molar-refractivity contribution in [1.82, 2.24) is 25.5 Å². The molecule has 3 aromatic rings. The molecule has 1 heterocycles. The zero-order valence-corrected chi connectivity index (χ0v) is 34.6. The van der Waals surface area contributed by atoms with Gasteiger partial charge in [-0.2, -0.15) is 0 Å². The number of rotatable bonds is 26. The van der Waals surface area contributed by atoms with Crippen molar-refractivity contribution in [2.24, 2.45) is 16.5 Å². The highest BCUT2D eigenvalue weighted by molar-refractivity contribution is 6.30. The number of unbranched alkanes of at least 4 members (excludes halogenated alkanes) is 1. The van der Waals surface area contributed by atoms with Gasteiger partial charge in [0.05, 0.1) is 37.2 Å². The molecule has 0 aliphatic rings. The number of nitrogens with two attached hydrogens (primary N) is 3. The maximum atomic E-state index is 12.5. The number of aryl methyl sites for hydroxylation is 2. The first-order valence-corrected chi connectivity index (χ1v) is 20.1. The van der Waals surface area contributed by atoms with Crippen LogP contribution >= 0.6 is 11.6 Å². The molecule has 0 aliphatic heterocycles. The average Bonchev–Trinajstić information content (AvgIpc) is 3.23. The van der Waals surface area contributed by atoms with Gasteiger partial charge in [-0.1, -0.05) is 48.0 Å². The second-order valence-electron chi connectivity index (χ2n) is 14.9. The van der Waals surface area contributed by atoms with Crippen LogP contribution in [0.5, 0.6) is 0 Å². The summed E-state index contributed by atoms with van der Waals surface area (Å²) in [4.78, 5) is 38.4. The molecule has 0 saturated carbocycles. The molecule has 3 rings (SSSR count). The summed E-state index contributed by atoms with van der Waals surface area (Å²) >= 11 is 5.95. The molecule has 18 N–H and O–H groups in total. The molecule has 1 aromatic heterocycles. The number of aliphatic hydroxyl groups excluding tert-OH is 10. The lowest BCUT2D eigenvalue weighted by Gasteiger charge is -2.33. The summed E-state index contributed by atoms with van der Waals surface area (Å²) in [5, 5.41) is 107. The van der Waals surface area contributed by atoms with Crippen molar-refractivity contribution in [3.8, 4) is 0 Å². The maximum Gasteiger partial charge on any atom is 0.280 e.